The maximum absolute atomic E-state index is 14.0. The van der Waals surface area contributed by atoms with Crippen LogP contribution in [0.5, 0.6) is 5.75 Å². The normalized spacial score (nSPS) is 17.0. The standard InChI is InChI=1S/C27H30N2O3S/c1-19(20-8-9-20)29(22-10-12-23(31-2)13-11-22)26(30)25-18-24(21-6-4-3-5-7-21)27(33-25)28-14-16-32-17-15-28/h3-7,10-13,18-20H,8-9,14-17H2,1-2H3. The molecule has 6 heteroatoms. The summed E-state index contributed by atoms with van der Waals surface area (Å²) in [6.45, 7) is 5.29. The van der Waals surface area contributed by atoms with Gasteiger partial charge in [-0.05, 0) is 61.6 Å². The number of carbonyl (C=O) groups excluding carboxylic acids is 1. The number of morpholine rings is 1. The highest BCUT2D eigenvalue weighted by Crippen LogP contribution is 2.42. The average Bonchev–Trinajstić information content (AvgIpc) is 3.63. The Morgan fingerprint density at radius 3 is 2.42 bits per heavy atom. The van der Waals surface area contributed by atoms with E-state index in [2.05, 4.69) is 42.2 Å². The third-order valence-electron chi connectivity index (χ3n) is 6.59. The highest BCUT2D eigenvalue weighted by atomic mass is 32.1. The van der Waals surface area contributed by atoms with E-state index in [4.69, 9.17) is 9.47 Å². The van der Waals surface area contributed by atoms with E-state index in [-0.39, 0.29) is 11.9 Å². The van der Waals surface area contributed by atoms with Crippen molar-refractivity contribution in [2.45, 2.75) is 25.8 Å². The van der Waals surface area contributed by atoms with Gasteiger partial charge in [0, 0.05) is 30.4 Å². The van der Waals surface area contributed by atoms with Crippen molar-refractivity contribution in [2.75, 3.05) is 43.2 Å². The molecule has 3 aromatic rings. The molecule has 2 aliphatic rings. The Hall–Kier alpha value is -2.83. The number of methoxy groups -OCH3 is 1. The number of benzene rings is 2. The molecular formula is C27H30N2O3S. The summed E-state index contributed by atoms with van der Waals surface area (Å²) in [6, 6.07) is 20.4. The second-order valence-electron chi connectivity index (χ2n) is 8.75. The minimum atomic E-state index is 0.0706. The zero-order valence-corrected chi connectivity index (χ0v) is 20.0. The number of amides is 1. The van der Waals surface area contributed by atoms with Crippen molar-refractivity contribution in [3.05, 3.63) is 65.5 Å². The number of ether oxygens (including phenoxy) is 2. The van der Waals surface area contributed by atoms with Gasteiger partial charge in [0.2, 0.25) is 0 Å². The van der Waals surface area contributed by atoms with E-state index >= 15 is 0 Å². The van der Waals surface area contributed by atoms with Gasteiger partial charge >= 0.3 is 0 Å². The molecule has 5 nitrogen and oxygen atoms in total. The Morgan fingerprint density at radius 2 is 1.79 bits per heavy atom. The molecule has 2 aromatic carbocycles. The topological polar surface area (TPSA) is 42.0 Å². The third kappa shape index (κ3) is 4.63. The molecule has 1 atom stereocenters. The molecule has 0 spiro atoms. The van der Waals surface area contributed by atoms with E-state index in [1.165, 1.54) is 12.8 Å². The van der Waals surface area contributed by atoms with Gasteiger partial charge in [0.05, 0.1) is 30.2 Å². The first-order valence-electron chi connectivity index (χ1n) is 11.7. The molecule has 1 saturated carbocycles. The maximum atomic E-state index is 14.0. The van der Waals surface area contributed by atoms with E-state index in [0.29, 0.717) is 19.1 Å². The lowest BCUT2D eigenvalue weighted by atomic mass is 10.1. The lowest BCUT2D eigenvalue weighted by Gasteiger charge is -2.30. The summed E-state index contributed by atoms with van der Waals surface area (Å²) < 4.78 is 10.9. The number of thiophene rings is 1. The predicted molar refractivity (Wildman–Crippen MR) is 135 cm³/mol. The molecule has 1 amide bonds. The third-order valence-corrected chi connectivity index (χ3v) is 7.77. The molecule has 1 aliphatic heterocycles. The highest BCUT2D eigenvalue weighted by Gasteiger charge is 2.36. The Kier molecular flexibility index (Phi) is 6.38. The summed E-state index contributed by atoms with van der Waals surface area (Å²) in [6.07, 6.45) is 2.36. The molecule has 2 fully saturated rings. The molecule has 1 unspecified atom stereocenters. The van der Waals surface area contributed by atoms with Crippen molar-refractivity contribution in [2.24, 2.45) is 5.92 Å². The number of hydrogen-bond acceptors (Lipinski definition) is 5. The largest absolute Gasteiger partial charge is 0.497 e. The van der Waals surface area contributed by atoms with Crippen LogP contribution in [0.4, 0.5) is 10.7 Å². The molecule has 1 aromatic heterocycles. The average molecular weight is 463 g/mol. The fraction of sp³-hybridized carbons (Fsp3) is 0.370. The van der Waals surface area contributed by atoms with Crippen LogP contribution in [0.2, 0.25) is 0 Å². The van der Waals surface area contributed by atoms with Crippen LogP contribution in [-0.4, -0.2) is 45.4 Å². The van der Waals surface area contributed by atoms with Crippen molar-refractivity contribution >= 4 is 27.9 Å². The van der Waals surface area contributed by atoms with Crippen LogP contribution in [-0.2, 0) is 4.74 Å². The first-order valence-corrected chi connectivity index (χ1v) is 12.5. The van der Waals surface area contributed by atoms with Crippen LogP contribution >= 0.6 is 11.3 Å². The van der Waals surface area contributed by atoms with E-state index in [9.17, 15) is 4.79 Å². The predicted octanol–water partition coefficient (Wildman–Crippen LogP) is 5.71. The Bertz CT molecular complexity index is 1090. The molecule has 33 heavy (non-hydrogen) atoms. The SMILES string of the molecule is COc1ccc(N(C(=O)c2cc(-c3ccccc3)c(N3CCOCC3)s2)C(C)C2CC2)cc1. The molecule has 2 heterocycles. The summed E-state index contributed by atoms with van der Waals surface area (Å²) in [7, 11) is 1.66. The van der Waals surface area contributed by atoms with Crippen molar-refractivity contribution < 1.29 is 14.3 Å². The van der Waals surface area contributed by atoms with Gasteiger partial charge < -0.3 is 19.3 Å². The lowest BCUT2D eigenvalue weighted by molar-refractivity contribution is 0.0979. The fourth-order valence-electron chi connectivity index (χ4n) is 4.50. The zero-order chi connectivity index (χ0) is 22.8. The number of anilines is 2. The van der Waals surface area contributed by atoms with Gasteiger partial charge in [-0.25, -0.2) is 0 Å². The van der Waals surface area contributed by atoms with Crippen LogP contribution in [0, 0.1) is 5.92 Å². The van der Waals surface area contributed by atoms with E-state index in [1.54, 1.807) is 18.4 Å². The van der Waals surface area contributed by atoms with Gasteiger partial charge in [0.15, 0.2) is 0 Å². The Labute approximate surface area is 199 Å². The van der Waals surface area contributed by atoms with Crippen LogP contribution in [0.15, 0.2) is 60.7 Å². The Morgan fingerprint density at radius 1 is 1.09 bits per heavy atom. The summed E-state index contributed by atoms with van der Waals surface area (Å²) in [5, 5.41) is 1.15. The first-order chi connectivity index (χ1) is 16.2. The maximum Gasteiger partial charge on any atom is 0.268 e. The number of carbonyl (C=O) groups is 1. The quantitative estimate of drug-likeness (QED) is 0.451. The van der Waals surface area contributed by atoms with Crippen LogP contribution in [0.1, 0.15) is 29.4 Å². The van der Waals surface area contributed by atoms with Gasteiger partial charge in [-0.2, -0.15) is 0 Å². The molecular weight excluding hydrogens is 432 g/mol. The summed E-state index contributed by atoms with van der Waals surface area (Å²) in [4.78, 5) is 19.1. The molecule has 5 rings (SSSR count). The van der Waals surface area contributed by atoms with Gasteiger partial charge in [-0.1, -0.05) is 30.3 Å². The highest BCUT2D eigenvalue weighted by molar-refractivity contribution is 7.18. The molecule has 0 N–H and O–H groups in total. The van der Waals surface area contributed by atoms with Gasteiger partial charge in [0.25, 0.3) is 5.91 Å². The molecule has 0 bridgehead atoms. The van der Waals surface area contributed by atoms with E-state index in [0.717, 1.165) is 45.5 Å². The van der Waals surface area contributed by atoms with Crippen LogP contribution in [0.3, 0.4) is 0 Å². The minimum absolute atomic E-state index is 0.0706. The summed E-state index contributed by atoms with van der Waals surface area (Å²) in [5.74, 6) is 1.42. The Balaban J connectivity index is 1.54. The lowest BCUT2D eigenvalue weighted by Crippen LogP contribution is -2.39. The zero-order valence-electron chi connectivity index (χ0n) is 19.2. The number of hydrogen-bond donors (Lipinski definition) is 0. The smallest absolute Gasteiger partial charge is 0.268 e. The number of rotatable bonds is 7. The molecule has 1 saturated heterocycles. The van der Waals surface area contributed by atoms with Crippen molar-refractivity contribution in [3.63, 3.8) is 0 Å². The van der Waals surface area contributed by atoms with Crippen molar-refractivity contribution in [3.8, 4) is 16.9 Å². The van der Waals surface area contributed by atoms with Gasteiger partial charge in [0.1, 0.15) is 5.75 Å². The van der Waals surface area contributed by atoms with Gasteiger partial charge in [-0.3, -0.25) is 4.79 Å². The van der Waals surface area contributed by atoms with Crippen molar-refractivity contribution in [1.82, 2.24) is 0 Å². The van der Waals surface area contributed by atoms with Crippen LogP contribution < -0.4 is 14.5 Å². The van der Waals surface area contributed by atoms with E-state index in [1.807, 2.05) is 35.2 Å². The van der Waals surface area contributed by atoms with E-state index < -0.39 is 0 Å². The molecule has 0 radical (unpaired) electrons. The van der Waals surface area contributed by atoms with Crippen LogP contribution in [0.25, 0.3) is 11.1 Å². The first kappa shape index (κ1) is 22.0. The van der Waals surface area contributed by atoms with Gasteiger partial charge in [-0.15, -0.1) is 11.3 Å². The van der Waals surface area contributed by atoms with Crippen molar-refractivity contribution in [1.29, 1.82) is 0 Å². The fourth-order valence-corrected chi connectivity index (χ4v) is 5.67. The summed E-state index contributed by atoms with van der Waals surface area (Å²) >= 11 is 1.60. The molecule has 172 valence electrons. The second kappa shape index (κ2) is 9.57. The monoisotopic (exact) mass is 462 g/mol. The molecule has 1 aliphatic carbocycles. The summed E-state index contributed by atoms with van der Waals surface area (Å²) in [5.41, 5.74) is 3.18. The minimum Gasteiger partial charge on any atom is -0.497 e. The number of nitrogens with zero attached hydrogens (tertiary/aromatic N) is 2. The second-order valence-corrected chi connectivity index (χ2v) is 9.78.